The quantitative estimate of drug-likeness (QED) is 0.544. The zero-order valence-corrected chi connectivity index (χ0v) is 13.2. The van der Waals surface area contributed by atoms with E-state index in [0.717, 1.165) is 0 Å². The topological polar surface area (TPSA) is 139 Å². The molecule has 0 aromatic heterocycles. The molecule has 1 aliphatic heterocycles. The number of ether oxygens (including phenoxy) is 1. The molecule has 1 fully saturated rings. The predicted molar refractivity (Wildman–Crippen MR) is 84.0 cm³/mol. The van der Waals surface area contributed by atoms with E-state index in [1.165, 1.54) is 29.2 Å². The van der Waals surface area contributed by atoms with Crippen LogP contribution in [-0.4, -0.2) is 65.1 Å². The summed E-state index contributed by atoms with van der Waals surface area (Å²) in [5.74, 6) is -2.00. The van der Waals surface area contributed by atoms with Gasteiger partial charge in [0.2, 0.25) is 5.91 Å². The highest BCUT2D eigenvalue weighted by Gasteiger charge is 2.32. The second-order valence-electron chi connectivity index (χ2n) is 5.33. The molecule has 2 N–H and O–H groups in total. The molecule has 1 unspecified atom stereocenters. The van der Waals surface area contributed by atoms with Crippen LogP contribution in [0.4, 0.5) is 5.69 Å². The fraction of sp³-hybridized carbons (Fsp3) is 0.400. The summed E-state index contributed by atoms with van der Waals surface area (Å²) in [6.07, 6.45) is -0.0531. The molecule has 1 atom stereocenters. The molecule has 1 aromatic carbocycles. The van der Waals surface area contributed by atoms with Gasteiger partial charge in [0.25, 0.3) is 11.6 Å². The molecule has 134 valence electrons. The van der Waals surface area contributed by atoms with Crippen LogP contribution in [0.25, 0.3) is 0 Å². The monoisotopic (exact) mass is 351 g/mol. The number of amides is 2. The minimum absolute atomic E-state index is 0.0261. The molecular weight excluding hydrogens is 334 g/mol. The van der Waals surface area contributed by atoms with Crippen LogP contribution >= 0.6 is 0 Å². The number of hydrogen-bond acceptors (Lipinski definition) is 6. The Balaban J connectivity index is 1.84. The average Bonchev–Trinajstić information content (AvgIpc) is 2.61. The third-order valence-corrected chi connectivity index (χ3v) is 3.70. The van der Waals surface area contributed by atoms with E-state index in [1.807, 2.05) is 0 Å². The maximum atomic E-state index is 12.1. The van der Waals surface area contributed by atoms with Gasteiger partial charge in [0.1, 0.15) is 0 Å². The van der Waals surface area contributed by atoms with Crippen molar-refractivity contribution in [1.29, 1.82) is 0 Å². The molecule has 1 heterocycles. The van der Waals surface area contributed by atoms with Crippen molar-refractivity contribution in [3.8, 4) is 0 Å². The van der Waals surface area contributed by atoms with Crippen LogP contribution in [0.5, 0.6) is 0 Å². The minimum atomic E-state index is -1.14. The second-order valence-corrected chi connectivity index (χ2v) is 5.33. The lowest BCUT2D eigenvalue weighted by molar-refractivity contribution is -0.384. The van der Waals surface area contributed by atoms with E-state index >= 15 is 0 Å². The second kappa shape index (κ2) is 8.20. The van der Waals surface area contributed by atoms with Crippen molar-refractivity contribution in [3.05, 3.63) is 39.9 Å². The van der Waals surface area contributed by atoms with Gasteiger partial charge in [-0.3, -0.25) is 19.7 Å². The molecule has 0 bridgehead atoms. The van der Waals surface area contributed by atoms with Gasteiger partial charge in [-0.1, -0.05) is 0 Å². The third-order valence-electron chi connectivity index (χ3n) is 3.70. The maximum absolute atomic E-state index is 12.1. The highest BCUT2D eigenvalue weighted by Crippen LogP contribution is 2.12. The van der Waals surface area contributed by atoms with Crippen molar-refractivity contribution in [2.24, 2.45) is 0 Å². The van der Waals surface area contributed by atoms with Gasteiger partial charge in [-0.2, -0.15) is 0 Å². The normalized spacial score (nSPS) is 17.0. The summed E-state index contributed by atoms with van der Waals surface area (Å²) in [4.78, 5) is 46.4. The maximum Gasteiger partial charge on any atom is 0.328 e. The highest BCUT2D eigenvalue weighted by atomic mass is 16.6. The van der Waals surface area contributed by atoms with Gasteiger partial charge >= 0.3 is 5.97 Å². The van der Waals surface area contributed by atoms with Crippen LogP contribution in [0.15, 0.2) is 24.3 Å². The Hall–Kier alpha value is -3.01. The summed E-state index contributed by atoms with van der Waals surface area (Å²) in [5.41, 5.74) is 0.103. The molecule has 25 heavy (non-hydrogen) atoms. The van der Waals surface area contributed by atoms with Crippen molar-refractivity contribution >= 4 is 23.5 Å². The number of nitro groups is 1. The lowest BCUT2D eigenvalue weighted by Gasteiger charge is -2.32. The smallest absolute Gasteiger partial charge is 0.328 e. The summed E-state index contributed by atoms with van der Waals surface area (Å²) < 4.78 is 5.06. The highest BCUT2D eigenvalue weighted by molar-refractivity contribution is 5.94. The van der Waals surface area contributed by atoms with E-state index in [2.05, 4.69) is 5.32 Å². The van der Waals surface area contributed by atoms with Gasteiger partial charge < -0.3 is 20.1 Å². The Morgan fingerprint density at radius 2 is 2.00 bits per heavy atom. The van der Waals surface area contributed by atoms with Crippen LogP contribution in [0.3, 0.4) is 0 Å². The Labute approximate surface area is 142 Å². The van der Waals surface area contributed by atoms with E-state index in [-0.39, 0.29) is 49.9 Å². The lowest BCUT2D eigenvalue weighted by Crippen LogP contribution is -2.53. The zero-order valence-electron chi connectivity index (χ0n) is 13.2. The van der Waals surface area contributed by atoms with Crippen molar-refractivity contribution in [2.45, 2.75) is 12.5 Å². The van der Waals surface area contributed by atoms with Crippen LogP contribution in [0.2, 0.25) is 0 Å². The summed E-state index contributed by atoms with van der Waals surface area (Å²) >= 11 is 0. The number of hydrogen-bond donors (Lipinski definition) is 2. The first-order valence-electron chi connectivity index (χ1n) is 7.53. The molecule has 2 amide bonds. The third kappa shape index (κ3) is 4.73. The van der Waals surface area contributed by atoms with Gasteiger partial charge in [-0.05, 0) is 12.1 Å². The average molecular weight is 351 g/mol. The number of nitrogens with one attached hydrogen (secondary N) is 1. The number of morpholine rings is 1. The van der Waals surface area contributed by atoms with Crippen molar-refractivity contribution < 1.29 is 29.2 Å². The van der Waals surface area contributed by atoms with Crippen LogP contribution in [0, 0.1) is 10.1 Å². The summed E-state index contributed by atoms with van der Waals surface area (Å²) in [5, 5.41) is 22.2. The number of benzene rings is 1. The van der Waals surface area contributed by atoms with Crippen molar-refractivity contribution in [2.75, 3.05) is 26.3 Å². The Morgan fingerprint density at radius 3 is 2.60 bits per heavy atom. The number of carbonyl (C=O) groups is 3. The van der Waals surface area contributed by atoms with Gasteiger partial charge in [0.05, 0.1) is 18.1 Å². The van der Waals surface area contributed by atoms with Crippen molar-refractivity contribution in [1.82, 2.24) is 10.2 Å². The fourth-order valence-corrected chi connectivity index (χ4v) is 2.37. The molecule has 10 nitrogen and oxygen atoms in total. The van der Waals surface area contributed by atoms with E-state index in [9.17, 15) is 24.5 Å². The largest absolute Gasteiger partial charge is 0.480 e. The zero-order chi connectivity index (χ0) is 18.4. The number of carboxylic acids is 1. The van der Waals surface area contributed by atoms with E-state index in [0.29, 0.717) is 0 Å². The molecule has 2 rings (SSSR count). The van der Waals surface area contributed by atoms with Crippen molar-refractivity contribution in [3.63, 3.8) is 0 Å². The van der Waals surface area contributed by atoms with Gasteiger partial charge in [-0.15, -0.1) is 0 Å². The first-order valence-corrected chi connectivity index (χ1v) is 7.53. The first kappa shape index (κ1) is 18.3. The standard InChI is InChI=1S/C15H17N3O7/c19-13(17-7-8-25-9-12(17)15(21)22)5-6-16-14(20)10-1-3-11(4-2-10)18(23)24/h1-4,12H,5-9H2,(H,16,20)(H,21,22). The van der Waals surface area contributed by atoms with Gasteiger partial charge in [0.15, 0.2) is 6.04 Å². The summed E-state index contributed by atoms with van der Waals surface area (Å²) in [6.45, 7) is 0.422. The molecule has 1 saturated heterocycles. The molecule has 1 aliphatic rings. The number of rotatable bonds is 6. The van der Waals surface area contributed by atoms with Crippen LogP contribution in [0.1, 0.15) is 16.8 Å². The number of nitro benzene ring substituents is 1. The SMILES string of the molecule is O=C(NCCC(=O)N1CCOCC1C(=O)O)c1ccc([N+](=O)[O-])cc1. The first-order chi connectivity index (χ1) is 11.9. The number of carboxylic acid groups (broad SMARTS) is 1. The Morgan fingerprint density at radius 1 is 1.32 bits per heavy atom. The van der Waals surface area contributed by atoms with Gasteiger partial charge in [-0.25, -0.2) is 4.79 Å². The lowest BCUT2D eigenvalue weighted by atomic mass is 10.2. The molecule has 1 aromatic rings. The molecule has 0 aliphatic carbocycles. The number of carbonyl (C=O) groups excluding carboxylic acids is 2. The number of non-ortho nitro benzene ring substituents is 1. The molecule has 0 saturated carbocycles. The van der Waals surface area contributed by atoms with Crippen LogP contribution < -0.4 is 5.32 Å². The number of aliphatic carboxylic acids is 1. The molecular formula is C15H17N3O7. The fourth-order valence-electron chi connectivity index (χ4n) is 2.37. The van der Waals surface area contributed by atoms with E-state index < -0.39 is 22.8 Å². The Kier molecular flexibility index (Phi) is 6.01. The van der Waals surface area contributed by atoms with Gasteiger partial charge in [0, 0.05) is 37.2 Å². The molecule has 0 spiro atoms. The Bertz CT molecular complexity index is 674. The number of nitrogens with zero attached hydrogens (tertiary/aromatic N) is 2. The van der Waals surface area contributed by atoms with Crippen LogP contribution in [-0.2, 0) is 14.3 Å². The summed E-state index contributed by atoms with van der Waals surface area (Å²) in [7, 11) is 0. The molecule has 0 radical (unpaired) electrons. The summed E-state index contributed by atoms with van der Waals surface area (Å²) in [6, 6.07) is 4.04. The predicted octanol–water partition coefficient (Wildman–Crippen LogP) is 0.0267. The minimum Gasteiger partial charge on any atom is -0.480 e. The molecule has 10 heteroatoms. The van der Waals surface area contributed by atoms with E-state index in [4.69, 9.17) is 9.84 Å². The van der Waals surface area contributed by atoms with E-state index in [1.54, 1.807) is 0 Å².